The first-order valence-electron chi connectivity index (χ1n) is 3.89. The molecule has 0 amide bonds. The second-order valence-electron chi connectivity index (χ2n) is 2.85. The molecule has 1 aliphatic heterocycles. The SMILES string of the molecule is O=[N+]([O-])c1c(Cl)cc2c(c1Br)CCO2. The van der Waals surface area contributed by atoms with E-state index >= 15 is 0 Å². The highest BCUT2D eigenvalue weighted by atomic mass is 79.9. The number of fused-ring (bicyclic) bond motifs is 1. The Morgan fingerprint density at radius 1 is 1.64 bits per heavy atom. The van der Waals surface area contributed by atoms with Crippen LogP contribution >= 0.6 is 27.5 Å². The lowest BCUT2D eigenvalue weighted by Gasteiger charge is -2.03. The van der Waals surface area contributed by atoms with Gasteiger partial charge in [-0.1, -0.05) is 11.6 Å². The van der Waals surface area contributed by atoms with Gasteiger partial charge < -0.3 is 4.74 Å². The monoisotopic (exact) mass is 277 g/mol. The summed E-state index contributed by atoms with van der Waals surface area (Å²) in [5, 5.41) is 10.8. The molecule has 0 fully saturated rings. The summed E-state index contributed by atoms with van der Waals surface area (Å²) in [4.78, 5) is 10.2. The molecule has 0 saturated carbocycles. The number of rotatable bonds is 1. The third kappa shape index (κ3) is 1.36. The van der Waals surface area contributed by atoms with E-state index in [1.165, 1.54) is 6.07 Å². The van der Waals surface area contributed by atoms with Gasteiger partial charge in [0.15, 0.2) is 0 Å². The average Bonchev–Trinajstić information content (AvgIpc) is 2.50. The van der Waals surface area contributed by atoms with E-state index < -0.39 is 4.92 Å². The van der Waals surface area contributed by atoms with Crippen LogP contribution in [0.4, 0.5) is 5.69 Å². The first-order valence-corrected chi connectivity index (χ1v) is 5.06. The molecule has 0 atom stereocenters. The van der Waals surface area contributed by atoms with E-state index in [-0.39, 0.29) is 10.7 Å². The lowest BCUT2D eigenvalue weighted by Crippen LogP contribution is -1.93. The van der Waals surface area contributed by atoms with Gasteiger partial charge in [0.05, 0.1) is 11.5 Å². The van der Waals surface area contributed by atoms with Gasteiger partial charge in [0.2, 0.25) is 0 Å². The van der Waals surface area contributed by atoms with Crippen LogP contribution in [0.5, 0.6) is 5.75 Å². The molecular weight excluding hydrogens is 273 g/mol. The van der Waals surface area contributed by atoms with Crippen LogP contribution in [0.15, 0.2) is 10.5 Å². The van der Waals surface area contributed by atoms with Crippen LogP contribution in [-0.2, 0) is 6.42 Å². The van der Waals surface area contributed by atoms with Gasteiger partial charge in [0, 0.05) is 18.1 Å². The van der Waals surface area contributed by atoms with Crippen molar-refractivity contribution in [1.29, 1.82) is 0 Å². The highest BCUT2D eigenvalue weighted by Gasteiger charge is 2.26. The fraction of sp³-hybridized carbons (Fsp3) is 0.250. The summed E-state index contributed by atoms with van der Waals surface area (Å²) in [5.74, 6) is 0.632. The normalized spacial score (nSPS) is 13.6. The summed E-state index contributed by atoms with van der Waals surface area (Å²) in [6, 6.07) is 1.49. The molecule has 0 aliphatic carbocycles. The maximum atomic E-state index is 10.7. The molecule has 2 rings (SSSR count). The summed E-state index contributed by atoms with van der Waals surface area (Å²) in [6.45, 7) is 0.547. The number of benzene rings is 1. The average molecular weight is 278 g/mol. The van der Waals surface area contributed by atoms with Crippen molar-refractivity contribution >= 4 is 33.2 Å². The van der Waals surface area contributed by atoms with Crippen LogP contribution in [0.3, 0.4) is 0 Å². The molecule has 0 N–H and O–H groups in total. The van der Waals surface area contributed by atoms with Crippen LogP contribution in [0.25, 0.3) is 0 Å². The van der Waals surface area contributed by atoms with E-state index in [9.17, 15) is 10.1 Å². The topological polar surface area (TPSA) is 52.4 Å². The molecule has 0 saturated heterocycles. The van der Waals surface area contributed by atoms with Crippen molar-refractivity contribution in [2.45, 2.75) is 6.42 Å². The van der Waals surface area contributed by atoms with Crippen molar-refractivity contribution in [3.8, 4) is 5.75 Å². The predicted octanol–water partition coefficient (Wildman–Crippen LogP) is 2.95. The molecule has 0 aromatic heterocycles. The Labute approximate surface area is 93.1 Å². The van der Waals surface area contributed by atoms with Crippen molar-refractivity contribution in [3.05, 3.63) is 31.2 Å². The molecular formula is C8H5BrClNO3. The number of halogens is 2. The van der Waals surface area contributed by atoms with Gasteiger partial charge in [0.1, 0.15) is 15.2 Å². The third-order valence-corrected chi connectivity index (χ3v) is 3.19. The van der Waals surface area contributed by atoms with Gasteiger partial charge in [-0.2, -0.15) is 0 Å². The number of nitro groups is 1. The maximum absolute atomic E-state index is 10.7. The lowest BCUT2D eigenvalue weighted by atomic mass is 10.1. The minimum absolute atomic E-state index is 0.0871. The van der Waals surface area contributed by atoms with Gasteiger partial charge in [0.25, 0.3) is 0 Å². The summed E-state index contributed by atoms with van der Waals surface area (Å²) in [5.41, 5.74) is 0.733. The fourth-order valence-corrected chi connectivity index (χ4v) is 2.55. The molecule has 14 heavy (non-hydrogen) atoms. The smallest absolute Gasteiger partial charge is 0.302 e. The molecule has 0 radical (unpaired) electrons. The Balaban J connectivity index is 2.68. The minimum Gasteiger partial charge on any atom is -0.493 e. The van der Waals surface area contributed by atoms with Crippen LogP contribution in [-0.4, -0.2) is 11.5 Å². The summed E-state index contributed by atoms with van der Waals surface area (Å²) >= 11 is 8.93. The number of nitrogens with zero attached hydrogens (tertiary/aromatic N) is 1. The van der Waals surface area contributed by atoms with Gasteiger partial charge >= 0.3 is 5.69 Å². The van der Waals surface area contributed by atoms with E-state index in [1.54, 1.807) is 0 Å². The molecule has 6 heteroatoms. The zero-order valence-corrected chi connectivity index (χ0v) is 9.26. The van der Waals surface area contributed by atoms with E-state index in [2.05, 4.69) is 15.9 Å². The summed E-state index contributed by atoms with van der Waals surface area (Å²) < 4.78 is 5.69. The number of hydrogen-bond acceptors (Lipinski definition) is 3. The maximum Gasteiger partial charge on any atom is 0.302 e. The first-order chi connectivity index (χ1) is 6.61. The van der Waals surface area contributed by atoms with Gasteiger partial charge in [-0.3, -0.25) is 10.1 Å². The Hall–Kier alpha value is -0.810. The van der Waals surface area contributed by atoms with Gasteiger partial charge in [-0.15, -0.1) is 0 Å². The zero-order valence-electron chi connectivity index (χ0n) is 6.92. The summed E-state index contributed by atoms with van der Waals surface area (Å²) in [7, 11) is 0. The van der Waals surface area contributed by atoms with Crippen LogP contribution in [0.2, 0.25) is 5.02 Å². The molecule has 0 spiro atoms. The Morgan fingerprint density at radius 3 is 3.00 bits per heavy atom. The lowest BCUT2D eigenvalue weighted by molar-refractivity contribution is -0.385. The predicted molar refractivity (Wildman–Crippen MR) is 55.0 cm³/mol. The molecule has 1 heterocycles. The van der Waals surface area contributed by atoms with E-state index in [4.69, 9.17) is 16.3 Å². The van der Waals surface area contributed by atoms with E-state index in [1.807, 2.05) is 0 Å². The largest absolute Gasteiger partial charge is 0.493 e. The Morgan fingerprint density at radius 2 is 2.36 bits per heavy atom. The number of ether oxygens (including phenoxy) is 1. The molecule has 1 aliphatic rings. The molecule has 4 nitrogen and oxygen atoms in total. The third-order valence-electron chi connectivity index (χ3n) is 2.05. The molecule has 0 bridgehead atoms. The highest BCUT2D eigenvalue weighted by molar-refractivity contribution is 9.10. The highest BCUT2D eigenvalue weighted by Crippen LogP contribution is 2.42. The zero-order chi connectivity index (χ0) is 10.3. The van der Waals surface area contributed by atoms with Crippen molar-refractivity contribution in [2.24, 2.45) is 0 Å². The molecule has 0 unspecified atom stereocenters. The van der Waals surface area contributed by atoms with E-state index in [0.29, 0.717) is 23.2 Å². The fourth-order valence-electron chi connectivity index (χ4n) is 1.42. The van der Waals surface area contributed by atoms with Crippen molar-refractivity contribution < 1.29 is 9.66 Å². The quantitative estimate of drug-likeness (QED) is 0.586. The number of hydrogen-bond donors (Lipinski definition) is 0. The van der Waals surface area contributed by atoms with Gasteiger partial charge in [-0.05, 0) is 15.9 Å². The van der Waals surface area contributed by atoms with E-state index in [0.717, 1.165) is 5.56 Å². The second-order valence-corrected chi connectivity index (χ2v) is 4.05. The van der Waals surface area contributed by atoms with Crippen LogP contribution in [0.1, 0.15) is 5.56 Å². The number of nitro benzene ring substituents is 1. The van der Waals surface area contributed by atoms with Crippen LogP contribution in [0, 0.1) is 10.1 Å². The minimum atomic E-state index is -0.495. The first kappa shape index (κ1) is 9.73. The standard InChI is InChI=1S/C8H5BrClNO3/c9-7-4-1-2-14-6(4)3-5(10)8(7)11(12)13/h3H,1-2H2. The van der Waals surface area contributed by atoms with Gasteiger partial charge in [-0.25, -0.2) is 0 Å². The Kier molecular flexibility index (Phi) is 2.36. The molecule has 1 aromatic rings. The van der Waals surface area contributed by atoms with Crippen molar-refractivity contribution in [3.63, 3.8) is 0 Å². The van der Waals surface area contributed by atoms with Crippen LogP contribution < -0.4 is 4.74 Å². The summed E-state index contributed by atoms with van der Waals surface area (Å²) in [6.07, 6.45) is 0.675. The second kappa shape index (κ2) is 3.40. The Bertz CT molecular complexity index is 422. The van der Waals surface area contributed by atoms with Crippen molar-refractivity contribution in [1.82, 2.24) is 0 Å². The molecule has 74 valence electrons. The van der Waals surface area contributed by atoms with Crippen molar-refractivity contribution in [2.75, 3.05) is 6.61 Å². The molecule has 1 aromatic carbocycles.